The highest BCUT2D eigenvalue weighted by Crippen LogP contribution is 2.27. The van der Waals surface area contributed by atoms with E-state index in [1.54, 1.807) is 37.3 Å². The normalized spacial score (nSPS) is 11.6. The number of benzene rings is 2. The van der Waals surface area contributed by atoms with Gasteiger partial charge in [0, 0.05) is 16.5 Å². The Morgan fingerprint density at radius 2 is 2.04 bits per heavy atom. The average Bonchev–Trinajstić information content (AvgIpc) is 3.05. The van der Waals surface area contributed by atoms with Crippen LogP contribution in [0.1, 0.15) is 18.9 Å². The van der Waals surface area contributed by atoms with Crippen LogP contribution < -0.4 is 5.73 Å². The third-order valence-corrected chi connectivity index (χ3v) is 3.84. The molecule has 0 aliphatic heterocycles. The van der Waals surface area contributed by atoms with Gasteiger partial charge >= 0.3 is 5.97 Å². The first-order valence-electron chi connectivity index (χ1n) is 8.29. The number of esters is 1. The first-order chi connectivity index (χ1) is 13.0. The lowest BCUT2D eigenvalue weighted by Crippen LogP contribution is -2.20. The van der Waals surface area contributed by atoms with Crippen molar-refractivity contribution in [3.05, 3.63) is 53.8 Å². The summed E-state index contributed by atoms with van der Waals surface area (Å²) in [5.41, 5.74) is 8.40. The van der Waals surface area contributed by atoms with Crippen LogP contribution in [-0.2, 0) is 9.53 Å². The maximum atomic E-state index is 13.2. The van der Waals surface area contributed by atoms with E-state index in [2.05, 4.69) is 15.2 Å². The van der Waals surface area contributed by atoms with Gasteiger partial charge in [-0.1, -0.05) is 0 Å². The van der Waals surface area contributed by atoms with Gasteiger partial charge in [-0.2, -0.15) is 5.10 Å². The number of hydrogen-bond acceptors (Lipinski definition) is 4. The molecule has 1 aromatic heterocycles. The molecular formula is C19H18FN5O2. The number of nitrogens with one attached hydrogen (secondary N) is 2. The van der Waals surface area contributed by atoms with Crippen molar-refractivity contribution in [1.82, 2.24) is 10.2 Å². The second-order valence-corrected chi connectivity index (χ2v) is 5.77. The molecule has 0 saturated heterocycles. The molecule has 2 aromatic carbocycles. The predicted octanol–water partition coefficient (Wildman–Crippen LogP) is 3.00. The first-order valence-corrected chi connectivity index (χ1v) is 8.29. The number of nitrogens with zero attached hydrogens (tertiary/aromatic N) is 2. The molecule has 0 bridgehead atoms. The molecule has 0 aliphatic rings. The van der Waals surface area contributed by atoms with Crippen LogP contribution in [0.15, 0.2) is 47.5 Å². The van der Waals surface area contributed by atoms with Gasteiger partial charge < -0.3 is 10.5 Å². The minimum absolute atomic E-state index is 0.00417. The molecule has 0 aliphatic carbocycles. The molecule has 138 valence electrons. The molecule has 0 spiro atoms. The topological polar surface area (TPSA) is 117 Å². The Morgan fingerprint density at radius 1 is 1.30 bits per heavy atom. The third-order valence-electron chi connectivity index (χ3n) is 3.84. The highest BCUT2D eigenvalue weighted by Gasteiger charge is 2.12. The van der Waals surface area contributed by atoms with Crippen LogP contribution in [0.2, 0.25) is 0 Å². The van der Waals surface area contributed by atoms with Gasteiger partial charge in [-0.3, -0.25) is 15.3 Å². The second-order valence-electron chi connectivity index (χ2n) is 5.77. The van der Waals surface area contributed by atoms with Gasteiger partial charge in [0.15, 0.2) is 5.84 Å². The Labute approximate surface area is 154 Å². The number of ether oxygens (including phenoxy) is 1. The van der Waals surface area contributed by atoms with Gasteiger partial charge in [-0.15, -0.1) is 0 Å². The largest absolute Gasteiger partial charge is 0.466 e. The summed E-state index contributed by atoms with van der Waals surface area (Å²) in [6.45, 7) is 1.96. The molecule has 0 radical (unpaired) electrons. The quantitative estimate of drug-likeness (QED) is 0.365. The number of aromatic amines is 1. The Balaban J connectivity index is 1.89. The van der Waals surface area contributed by atoms with Gasteiger partial charge in [0.25, 0.3) is 0 Å². The number of hydrogen-bond donors (Lipinski definition) is 3. The van der Waals surface area contributed by atoms with Crippen molar-refractivity contribution in [2.24, 2.45) is 10.7 Å². The fourth-order valence-electron chi connectivity index (χ4n) is 2.60. The van der Waals surface area contributed by atoms with E-state index in [0.717, 1.165) is 16.5 Å². The van der Waals surface area contributed by atoms with Crippen LogP contribution >= 0.6 is 0 Å². The number of amidine groups is 2. The van der Waals surface area contributed by atoms with E-state index < -0.39 is 5.97 Å². The fraction of sp³-hybridized carbons (Fsp3) is 0.158. The van der Waals surface area contributed by atoms with Gasteiger partial charge in [-0.25, -0.2) is 9.38 Å². The van der Waals surface area contributed by atoms with Gasteiger partial charge in [0.05, 0.1) is 17.8 Å². The second kappa shape index (κ2) is 7.77. The molecule has 1 heterocycles. The van der Waals surface area contributed by atoms with Crippen LogP contribution in [0.3, 0.4) is 0 Å². The summed E-state index contributed by atoms with van der Waals surface area (Å²) in [5, 5.41) is 16.1. The SMILES string of the molecule is CCOC(=O)CC(N)=NC(=N)c1ccc2[nH]nc(-c3ccc(F)cc3)c2c1. The van der Waals surface area contributed by atoms with Crippen molar-refractivity contribution in [1.29, 1.82) is 5.41 Å². The van der Waals surface area contributed by atoms with Crippen LogP contribution in [0, 0.1) is 11.2 Å². The van der Waals surface area contributed by atoms with E-state index >= 15 is 0 Å². The lowest BCUT2D eigenvalue weighted by Gasteiger charge is -2.04. The molecule has 3 aromatic rings. The van der Waals surface area contributed by atoms with Crippen molar-refractivity contribution < 1.29 is 13.9 Å². The minimum atomic E-state index is -0.490. The zero-order chi connectivity index (χ0) is 19.4. The lowest BCUT2D eigenvalue weighted by atomic mass is 10.1. The van der Waals surface area contributed by atoms with Crippen LogP contribution in [0.4, 0.5) is 4.39 Å². The highest BCUT2D eigenvalue weighted by molar-refractivity contribution is 6.09. The summed E-state index contributed by atoms with van der Waals surface area (Å²) in [4.78, 5) is 15.4. The molecule has 4 N–H and O–H groups in total. The monoisotopic (exact) mass is 367 g/mol. The summed E-state index contributed by atoms with van der Waals surface area (Å²) >= 11 is 0. The predicted molar refractivity (Wildman–Crippen MR) is 101 cm³/mol. The summed E-state index contributed by atoms with van der Waals surface area (Å²) in [5.74, 6) is -0.891. The van der Waals surface area contributed by atoms with Gasteiger partial charge in [-0.05, 0) is 49.4 Å². The summed E-state index contributed by atoms with van der Waals surface area (Å²) in [6.07, 6.45) is -0.176. The van der Waals surface area contributed by atoms with Crippen molar-refractivity contribution in [2.75, 3.05) is 6.61 Å². The number of fused-ring (bicyclic) bond motifs is 1. The number of carbonyl (C=O) groups excluding carboxylic acids is 1. The van der Waals surface area contributed by atoms with Crippen molar-refractivity contribution in [3.8, 4) is 11.3 Å². The maximum Gasteiger partial charge on any atom is 0.313 e. The van der Waals surface area contributed by atoms with E-state index in [1.807, 2.05) is 0 Å². The summed E-state index contributed by atoms with van der Waals surface area (Å²) < 4.78 is 18.0. The maximum absolute atomic E-state index is 13.2. The molecule has 0 saturated carbocycles. The van der Waals surface area contributed by atoms with Crippen molar-refractivity contribution in [3.63, 3.8) is 0 Å². The molecule has 3 rings (SSSR count). The van der Waals surface area contributed by atoms with Crippen LogP contribution in [0.5, 0.6) is 0 Å². The number of nitrogens with two attached hydrogens (primary N) is 1. The average molecular weight is 367 g/mol. The molecule has 8 heteroatoms. The highest BCUT2D eigenvalue weighted by atomic mass is 19.1. The summed E-state index contributed by atoms with van der Waals surface area (Å²) in [7, 11) is 0. The zero-order valence-electron chi connectivity index (χ0n) is 14.6. The molecule has 0 unspecified atom stereocenters. The van der Waals surface area contributed by atoms with Crippen molar-refractivity contribution in [2.45, 2.75) is 13.3 Å². The minimum Gasteiger partial charge on any atom is -0.466 e. The van der Waals surface area contributed by atoms with E-state index in [-0.39, 0.29) is 30.5 Å². The van der Waals surface area contributed by atoms with E-state index in [1.165, 1.54) is 12.1 Å². The Bertz CT molecular complexity index is 1020. The number of aliphatic imine (C=N–C) groups is 1. The molecule has 7 nitrogen and oxygen atoms in total. The Kier molecular flexibility index (Phi) is 5.25. The smallest absolute Gasteiger partial charge is 0.313 e. The standard InChI is InChI=1S/C19H18FN5O2/c1-2-27-17(26)10-16(21)23-19(22)12-5-8-15-14(9-12)18(25-24-15)11-3-6-13(20)7-4-11/h3-9H,2,10H2,1H3,(H,24,25)(H3,21,22,23). The van der Waals surface area contributed by atoms with Gasteiger partial charge in [0.2, 0.25) is 0 Å². The molecule has 0 amide bonds. The zero-order valence-corrected chi connectivity index (χ0v) is 14.6. The van der Waals surface area contributed by atoms with Crippen LogP contribution in [0.25, 0.3) is 22.2 Å². The number of H-pyrrole nitrogens is 1. The number of carbonyl (C=O) groups is 1. The summed E-state index contributed by atoms with van der Waals surface area (Å²) in [6, 6.07) is 11.2. The fourth-order valence-corrected chi connectivity index (χ4v) is 2.60. The van der Waals surface area contributed by atoms with Crippen LogP contribution in [-0.4, -0.2) is 34.4 Å². The number of halogens is 1. The molecule has 0 atom stereocenters. The Morgan fingerprint density at radius 3 is 2.74 bits per heavy atom. The van der Waals surface area contributed by atoms with E-state index in [4.69, 9.17) is 15.9 Å². The Hall–Kier alpha value is -3.55. The lowest BCUT2D eigenvalue weighted by molar-refractivity contribution is -0.141. The molecule has 27 heavy (non-hydrogen) atoms. The van der Waals surface area contributed by atoms with E-state index in [0.29, 0.717) is 11.3 Å². The molecular weight excluding hydrogens is 349 g/mol. The van der Waals surface area contributed by atoms with Crippen molar-refractivity contribution >= 4 is 28.5 Å². The number of aromatic nitrogens is 2. The number of rotatable bonds is 5. The third kappa shape index (κ3) is 4.17. The first kappa shape index (κ1) is 18.2. The molecule has 0 fully saturated rings. The van der Waals surface area contributed by atoms with E-state index in [9.17, 15) is 9.18 Å². The van der Waals surface area contributed by atoms with Gasteiger partial charge in [0.1, 0.15) is 18.1 Å².